The first kappa shape index (κ1) is 23.4. The lowest BCUT2D eigenvalue weighted by Gasteiger charge is -2.23. The van der Waals surface area contributed by atoms with Gasteiger partial charge >= 0.3 is 13.3 Å². The van der Waals surface area contributed by atoms with Crippen molar-refractivity contribution >= 4 is 18.6 Å². The summed E-state index contributed by atoms with van der Waals surface area (Å²) in [5, 5.41) is 11.9. The van der Waals surface area contributed by atoms with E-state index < -0.39 is 12.5 Å². The number of hydrogen-bond acceptors (Lipinski definition) is 6. The molecule has 3 aromatic carbocycles. The van der Waals surface area contributed by atoms with Gasteiger partial charge in [0.25, 0.3) is 0 Å². The zero-order chi connectivity index (χ0) is 23.5. The van der Waals surface area contributed by atoms with Crippen molar-refractivity contribution in [2.75, 3.05) is 7.11 Å². The summed E-state index contributed by atoms with van der Waals surface area (Å²) in [6.45, 7) is 7.57. The Balaban J connectivity index is 2.17. The Morgan fingerprint density at radius 2 is 1.66 bits per heavy atom. The first-order valence-corrected chi connectivity index (χ1v) is 11.7. The van der Waals surface area contributed by atoms with Crippen LogP contribution in [0.1, 0.15) is 36.5 Å². The molecule has 8 heteroatoms. The average Bonchev–Trinajstić information content (AvgIpc) is 2.75. The molecule has 0 heterocycles. The molecule has 0 aliphatic carbocycles. The van der Waals surface area contributed by atoms with E-state index in [1.165, 1.54) is 13.2 Å². The summed E-state index contributed by atoms with van der Waals surface area (Å²) in [6.07, 6.45) is 0. The Hall–Kier alpha value is -3.31. The van der Waals surface area contributed by atoms with Gasteiger partial charge in [0, 0.05) is 6.07 Å². The second-order valence-corrected chi connectivity index (χ2v) is 9.63. The van der Waals surface area contributed by atoms with E-state index in [1.54, 1.807) is 49.4 Å². The van der Waals surface area contributed by atoms with Crippen LogP contribution in [0.4, 0.5) is 5.69 Å². The number of nitro benzene ring substituents is 1. The molecule has 0 aromatic heterocycles. The number of benzene rings is 3. The van der Waals surface area contributed by atoms with Crippen molar-refractivity contribution < 1.29 is 23.3 Å². The lowest BCUT2D eigenvalue weighted by atomic mass is 10.0. The molecule has 1 atom stereocenters. The number of para-hydroxylation sites is 1. The van der Waals surface area contributed by atoms with Gasteiger partial charge in [-0.25, -0.2) is 4.57 Å². The summed E-state index contributed by atoms with van der Waals surface area (Å²) < 4.78 is 31.5. The molecule has 0 saturated carbocycles. The zero-order valence-corrected chi connectivity index (χ0v) is 19.6. The fourth-order valence-corrected chi connectivity index (χ4v) is 4.89. The third-order valence-corrected chi connectivity index (χ3v) is 6.79. The highest BCUT2D eigenvalue weighted by molar-refractivity contribution is 7.63. The van der Waals surface area contributed by atoms with Crippen molar-refractivity contribution in [1.82, 2.24) is 0 Å². The van der Waals surface area contributed by atoms with E-state index in [1.807, 2.05) is 32.9 Å². The maximum absolute atomic E-state index is 14.3. The Labute approximate surface area is 187 Å². The molecule has 0 aliphatic rings. The van der Waals surface area contributed by atoms with Gasteiger partial charge in [-0.15, -0.1) is 0 Å². The quantitative estimate of drug-likeness (QED) is 0.224. The van der Waals surface area contributed by atoms with E-state index in [9.17, 15) is 14.7 Å². The number of nitro groups is 1. The van der Waals surface area contributed by atoms with Crippen LogP contribution in [-0.4, -0.2) is 12.0 Å². The van der Waals surface area contributed by atoms with Crippen LogP contribution in [0.15, 0.2) is 60.7 Å². The predicted molar refractivity (Wildman–Crippen MR) is 125 cm³/mol. The van der Waals surface area contributed by atoms with Gasteiger partial charge in [-0.1, -0.05) is 38.1 Å². The summed E-state index contributed by atoms with van der Waals surface area (Å²) in [5.74, 6) is 0.995. The third kappa shape index (κ3) is 4.94. The van der Waals surface area contributed by atoms with Crippen molar-refractivity contribution in [1.29, 1.82) is 0 Å². The Bertz CT molecular complexity index is 1170. The van der Waals surface area contributed by atoms with Crippen LogP contribution in [-0.2, 0) is 4.57 Å². The fourth-order valence-electron chi connectivity index (χ4n) is 3.24. The molecule has 0 unspecified atom stereocenters. The molecule has 0 aliphatic heterocycles. The van der Waals surface area contributed by atoms with Gasteiger partial charge in [-0.05, 0) is 66.8 Å². The molecule has 0 fully saturated rings. The van der Waals surface area contributed by atoms with E-state index in [2.05, 4.69) is 0 Å². The fraction of sp³-hybridized carbons (Fsp3) is 0.250. The van der Waals surface area contributed by atoms with Crippen molar-refractivity contribution in [3.8, 4) is 17.2 Å². The van der Waals surface area contributed by atoms with Crippen molar-refractivity contribution in [3.63, 3.8) is 0 Å². The molecule has 0 N–H and O–H groups in total. The minimum Gasteiger partial charge on any atom is -0.497 e. The SMILES string of the molecule is COc1ccc([P@@](=O)(Oc2cc(C)ccc2C(C)C)Oc2c(C)cccc2[N+](=O)[O-])cc1. The summed E-state index contributed by atoms with van der Waals surface area (Å²) in [7, 11) is -2.56. The second kappa shape index (κ2) is 9.45. The molecule has 7 nitrogen and oxygen atoms in total. The highest BCUT2D eigenvalue weighted by Gasteiger charge is 2.35. The van der Waals surface area contributed by atoms with Gasteiger partial charge < -0.3 is 13.8 Å². The Kier molecular flexibility index (Phi) is 6.90. The van der Waals surface area contributed by atoms with Crippen LogP contribution in [0.2, 0.25) is 0 Å². The molecule has 0 spiro atoms. The largest absolute Gasteiger partial charge is 0.497 e. The highest BCUT2D eigenvalue weighted by Crippen LogP contribution is 2.52. The Morgan fingerprint density at radius 1 is 0.969 bits per heavy atom. The van der Waals surface area contributed by atoms with Crippen LogP contribution in [0, 0.1) is 24.0 Å². The van der Waals surface area contributed by atoms with E-state index in [-0.39, 0.29) is 22.7 Å². The standard InChI is InChI=1S/C24H26NO6P/c1-16(2)21-14-9-17(3)15-23(21)30-32(28,20-12-10-19(29-5)11-13-20)31-24-18(4)7-6-8-22(24)25(26)27/h6-16H,1-5H3/t32-/m1/s1. The molecule has 168 valence electrons. The summed E-state index contributed by atoms with van der Waals surface area (Å²) >= 11 is 0. The number of methoxy groups -OCH3 is 1. The monoisotopic (exact) mass is 455 g/mol. The van der Waals surface area contributed by atoms with Crippen LogP contribution in [0.5, 0.6) is 17.2 Å². The molecule has 32 heavy (non-hydrogen) atoms. The molecule has 0 amide bonds. The Morgan fingerprint density at radius 3 is 2.25 bits per heavy atom. The highest BCUT2D eigenvalue weighted by atomic mass is 31.2. The van der Waals surface area contributed by atoms with Gasteiger partial charge in [-0.2, -0.15) is 0 Å². The second-order valence-electron chi connectivity index (χ2n) is 7.75. The zero-order valence-electron chi connectivity index (χ0n) is 18.7. The summed E-state index contributed by atoms with van der Waals surface area (Å²) in [5.41, 5.74) is 1.97. The van der Waals surface area contributed by atoms with Gasteiger partial charge in [0.2, 0.25) is 5.75 Å². The van der Waals surface area contributed by atoms with Crippen molar-refractivity contribution in [2.24, 2.45) is 0 Å². The molecule has 0 bridgehead atoms. The van der Waals surface area contributed by atoms with Gasteiger partial charge in [0.15, 0.2) is 0 Å². The van der Waals surface area contributed by atoms with E-state index in [0.717, 1.165) is 11.1 Å². The van der Waals surface area contributed by atoms with Crippen LogP contribution >= 0.6 is 7.60 Å². The van der Waals surface area contributed by atoms with Crippen molar-refractivity contribution in [3.05, 3.63) is 87.5 Å². The van der Waals surface area contributed by atoms with Gasteiger partial charge in [0.05, 0.1) is 17.3 Å². The van der Waals surface area contributed by atoms with E-state index in [4.69, 9.17) is 13.8 Å². The maximum Gasteiger partial charge on any atom is 0.463 e. The summed E-state index contributed by atoms with van der Waals surface area (Å²) in [4.78, 5) is 11.0. The lowest BCUT2D eigenvalue weighted by Crippen LogP contribution is -2.16. The normalized spacial score (nSPS) is 12.8. The van der Waals surface area contributed by atoms with Gasteiger partial charge in [0.1, 0.15) is 11.5 Å². The first-order chi connectivity index (χ1) is 15.1. The minimum atomic E-state index is -4.09. The van der Waals surface area contributed by atoms with E-state index >= 15 is 0 Å². The number of ether oxygens (including phenoxy) is 1. The number of aryl methyl sites for hydroxylation is 2. The first-order valence-electron chi connectivity index (χ1n) is 10.1. The van der Waals surface area contributed by atoms with Gasteiger partial charge in [-0.3, -0.25) is 10.1 Å². The van der Waals surface area contributed by atoms with Crippen LogP contribution in [0.25, 0.3) is 0 Å². The molecule has 0 radical (unpaired) electrons. The molecular weight excluding hydrogens is 429 g/mol. The molecule has 3 rings (SSSR count). The lowest BCUT2D eigenvalue weighted by molar-refractivity contribution is -0.385. The van der Waals surface area contributed by atoms with Crippen LogP contribution < -0.4 is 19.1 Å². The molecular formula is C24H26NO6P. The molecule has 0 saturated heterocycles. The van der Waals surface area contributed by atoms with Crippen molar-refractivity contribution in [2.45, 2.75) is 33.6 Å². The van der Waals surface area contributed by atoms with Crippen LogP contribution in [0.3, 0.4) is 0 Å². The predicted octanol–water partition coefficient (Wildman–Crippen LogP) is 6.32. The third-order valence-electron chi connectivity index (χ3n) is 5.00. The summed E-state index contributed by atoms with van der Waals surface area (Å²) in [6, 6.07) is 16.6. The smallest absolute Gasteiger partial charge is 0.463 e. The topological polar surface area (TPSA) is 87.9 Å². The average molecular weight is 455 g/mol. The van der Waals surface area contributed by atoms with E-state index in [0.29, 0.717) is 17.1 Å². The number of nitrogens with zero attached hydrogens (tertiary/aromatic N) is 1. The maximum atomic E-state index is 14.3. The minimum absolute atomic E-state index is 0.0876. The number of rotatable bonds is 8. The number of hydrogen-bond donors (Lipinski definition) is 0. The molecule has 3 aromatic rings.